The average molecular weight is 458 g/mol. The summed E-state index contributed by atoms with van der Waals surface area (Å²) in [4.78, 5) is 29.7. The van der Waals surface area contributed by atoms with Crippen LogP contribution in [-0.2, 0) is 18.7 Å². The number of hydrogen-bond donors (Lipinski definition) is 0. The molecule has 1 fully saturated rings. The number of para-hydroxylation sites is 1. The molecule has 1 amide bonds. The molecule has 2 aliphatic rings. The topological polar surface area (TPSA) is 54.8 Å². The number of piperidine rings is 1. The third-order valence-electron chi connectivity index (χ3n) is 7.44. The molecule has 6 heteroatoms. The highest BCUT2D eigenvalue weighted by atomic mass is 16.5. The van der Waals surface area contributed by atoms with Gasteiger partial charge in [-0.3, -0.25) is 14.5 Å². The first-order valence-corrected chi connectivity index (χ1v) is 12.0. The van der Waals surface area contributed by atoms with E-state index in [2.05, 4.69) is 22.6 Å². The lowest BCUT2D eigenvalue weighted by atomic mass is 9.81. The molecule has 1 spiro atoms. The van der Waals surface area contributed by atoms with Crippen LogP contribution in [0.3, 0.4) is 0 Å². The third-order valence-corrected chi connectivity index (χ3v) is 7.44. The van der Waals surface area contributed by atoms with Gasteiger partial charge in [0.05, 0.1) is 11.2 Å². The summed E-state index contributed by atoms with van der Waals surface area (Å²) in [7, 11) is 2.16. The Bertz CT molecular complexity index is 1180. The molecule has 2 aliphatic heterocycles. The Morgan fingerprint density at radius 1 is 0.882 bits per heavy atom. The van der Waals surface area contributed by atoms with Gasteiger partial charge in [0.25, 0.3) is 5.91 Å². The zero-order valence-electron chi connectivity index (χ0n) is 19.9. The largest absolute Gasteiger partial charge is 0.489 e. The molecule has 176 valence electrons. The summed E-state index contributed by atoms with van der Waals surface area (Å²) in [5.41, 5.74) is 3.61. The minimum atomic E-state index is -0.124. The molecule has 3 aromatic rings. The summed E-state index contributed by atoms with van der Waals surface area (Å²) in [6.07, 6.45) is 1.72. The quantitative estimate of drug-likeness (QED) is 0.535. The van der Waals surface area contributed by atoms with Gasteiger partial charge in [0.15, 0.2) is 5.78 Å². The lowest BCUT2D eigenvalue weighted by molar-refractivity contribution is 0.0128. The Morgan fingerprint density at radius 3 is 2.26 bits per heavy atom. The fourth-order valence-electron chi connectivity index (χ4n) is 5.41. The van der Waals surface area contributed by atoms with Crippen molar-refractivity contribution in [2.75, 3.05) is 26.7 Å². The van der Waals surface area contributed by atoms with E-state index >= 15 is 0 Å². The summed E-state index contributed by atoms with van der Waals surface area (Å²) in [5, 5.41) is 0. The SMILES string of the molecule is CC(=O)c1ccc2n1CCN(C)C21CCN(C(=O)c2ccc(COc3ccccc3)cc2)CC1. The molecule has 0 saturated carbocycles. The van der Waals surface area contributed by atoms with Crippen LogP contribution < -0.4 is 4.74 Å². The van der Waals surface area contributed by atoms with Gasteiger partial charge in [-0.15, -0.1) is 0 Å². The number of fused-ring (bicyclic) bond motifs is 2. The van der Waals surface area contributed by atoms with Gasteiger partial charge in [0.2, 0.25) is 0 Å². The van der Waals surface area contributed by atoms with Crippen LogP contribution in [0.1, 0.15) is 51.9 Å². The molecule has 0 N–H and O–H groups in total. The first kappa shape index (κ1) is 22.4. The number of ether oxygens (including phenoxy) is 1. The van der Waals surface area contributed by atoms with E-state index in [4.69, 9.17) is 4.74 Å². The van der Waals surface area contributed by atoms with E-state index in [1.54, 1.807) is 6.92 Å². The number of carbonyl (C=O) groups is 2. The van der Waals surface area contributed by atoms with Gasteiger partial charge >= 0.3 is 0 Å². The van der Waals surface area contributed by atoms with Crippen LogP contribution in [0.2, 0.25) is 0 Å². The molecule has 1 aromatic heterocycles. The van der Waals surface area contributed by atoms with Crippen molar-refractivity contribution in [1.82, 2.24) is 14.4 Å². The summed E-state index contributed by atoms with van der Waals surface area (Å²) in [5.74, 6) is 1.01. The fourth-order valence-corrected chi connectivity index (χ4v) is 5.41. The van der Waals surface area contributed by atoms with Crippen molar-refractivity contribution in [3.05, 3.63) is 89.2 Å². The van der Waals surface area contributed by atoms with Crippen LogP contribution in [0.15, 0.2) is 66.7 Å². The second kappa shape index (κ2) is 9.11. The maximum absolute atomic E-state index is 13.2. The minimum absolute atomic E-state index is 0.0728. The Balaban J connectivity index is 1.24. The van der Waals surface area contributed by atoms with E-state index in [0.29, 0.717) is 25.3 Å². The number of nitrogens with zero attached hydrogens (tertiary/aromatic N) is 3. The van der Waals surface area contributed by atoms with Crippen LogP contribution in [0.25, 0.3) is 0 Å². The molecule has 3 heterocycles. The van der Waals surface area contributed by atoms with Crippen molar-refractivity contribution in [3.8, 4) is 5.75 Å². The second-order valence-corrected chi connectivity index (χ2v) is 9.36. The lowest BCUT2D eigenvalue weighted by Gasteiger charge is -2.50. The predicted molar refractivity (Wildman–Crippen MR) is 131 cm³/mol. The van der Waals surface area contributed by atoms with Crippen molar-refractivity contribution in [2.24, 2.45) is 0 Å². The molecule has 0 atom stereocenters. The van der Waals surface area contributed by atoms with E-state index < -0.39 is 0 Å². The molecule has 0 bridgehead atoms. The molecule has 0 unspecified atom stereocenters. The van der Waals surface area contributed by atoms with Crippen LogP contribution in [-0.4, -0.2) is 52.7 Å². The highest BCUT2D eigenvalue weighted by Gasteiger charge is 2.45. The number of Topliss-reactive ketones (excluding diaryl/α,β-unsaturated/α-hetero) is 1. The number of hydrogen-bond acceptors (Lipinski definition) is 4. The molecule has 1 saturated heterocycles. The zero-order valence-corrected chi connectivity index (χ0v) is 19.9. The van der Waals surface area contributed by atoms with Crippen molar-refractivity contribution in [1.29, 1.82) is 0 Å². The van der Waals surface area contributed by atoms with Crippen LogP contribution >= 0.6 is 0 Å². The average Bonchev–Trinajstić information content (AvgIpc) is 3.32. The molecule has 34 heavy (non-hydrogen) atoms. The van der Waals surface area contributed by atoms with Gasteiger partial charge in [-0.1, -0.05) is 30.3 Å². The zero-order chi connectivity index (χ0) is 23.7. The summed E-state index contributed by atoms with van der Waals surface area (Å²) in [6, 6.07) is 21.5. The number of aromatic nitrogens is 1. The van der Waals surface area contributed by atoms with Crippen LogP contribution in [0, 0.1) is 0 Å². The highest BCUT2D eigenvalue weighted by molar-refractivity contribution is 5.94. The first-order valence-electron chi connectivity index (χ1n) is 12.0. The molecule has 6 nitrogen and oxygen atoms in total. The predicted octanol–water partition coefficient (Wildman–Crippen LogP) is 4.35. The molecule has 2 aromatic carbocycles. The smallest absolute Gasteiger partial charge is 0.253 e. The Kier molecular flexibility index (Phi) is 6.00. The van der Waals surface area contributed by atoms with Gasteiger partial charge in [-0.25, -0.2) is 0 Å². The number of likely N-dealkylation sites (N-methyl/N-ethyl adjacent to an activating group) is 1. The summed E-state index contributed by atoms with van der Waals surface area (Å²) in [6.45, 7) is 5.24. The summed E-state index contributed by atoms with van der Waals surface area (Å²) >= 11 is 0. The number of likely N-dealkylation sites (tertiary alicyclic amines) is 1. The van der Waals surface area contributed by atoms with E-state index in [0.717, 1.165) is 42.9 Å². The van der Waals surface area contributed by atoms with E-state index in [-0.39, 0.29) is 17.2 Å². The molecule has 0 radical (unpaired) electrons. The Hall–Kier alpha value is -3.38. The maximum Gasteiger partial charge on any atom is 0.253 e. The first-order chi connectivity index (χ1) is 16.5. The molecular weight excluding hydrogens is 426 g/mol. The highest BCUT2D eigenvalue weighted by Crippen LogP contribution is 2.41. The van der Waals surface area contributed by atoms with E-state index in [9.17, 15) is 9.59 Å². The van der Waals surface area contributed by atoms with Gasteiger partial charge in [-0.05, 0) is 61.9 Å². The minimum Gasteiger partial charge on any atom is -0.489 e. The molecular formula is C28H31N3O3. The standard InChI is InChI=1S/C28H31N3O3/c1-21(32)25-12-13-26-28(29(2)18-19-31(25)26)14-16-30(17-15-28)27(33)23-10-8-22(9-11-23)20-34-24-6-4-3-5-7-24/h3-13H,14-20H2,1-2H3. The number of ketones is 1. The Morgan fingerprint density at radius 2 is 1.59 bits per heavy atom. The monoisotopic (exact) mass is 457 g/mol. The number of benzene rings is 2. The fraction of sp³-hybridized carbons (Fsp3) is 0.357. The van der Waals surface area contributed by atoms with Crippen molar-refractivity contribution >= 4 is 11.7 Å². The number of rotatable bonds is 5. The van der Waals surface area contributed by atoms with E-state index in [1.807, 2.05) is 65.6 Å². The van der Waals surface area contributed by atoms with Gasteiger partial charge < -0.3 is 14.2 Å². The van der Waals surface area contributed by atoms with Crippen molar-refractivity contribution < 1.29 is 14.3 Å². The van der Waals surface area contributed by atoms with E-state index in [1.165, 1.54) is 5.69 Å². The maximum atomic E-state index is 13.2. The third kappa shape index (κ3) is 4.03. The molecule has 0 aliphatic carbocycles. The second-order valence-electron chi connectivity index (χ2n) is 9.36. The van der Waals surface area contributed by atoms with Gasteiger partial charge in [0.1, 0.15) is 12.4 Å². The summed E-state index contributed by atoms with van der Waals surface area (Å²) < 4.78 is 8.00. The van der Waals surface area contributed by atoms with Crippen molar-refractivity contribution in [3.63, 3.8) is 0 Å². The Labute approximate surface area is 200 Å². The number of amides is 1. The molecule has 5 rings (SSSR count). The van der Waals surface area contributed by atoms with Crippen molar-refractivity contribution in [2.45, 2.75) is 38.5 Å². The number of carbonyl (C=O) groups excluding carboxylic acids is 2. The lowest BCUT2D eigenvalue weighted by Crippen LogP contribution is -2.56. The normalized spacial score (nSPS) is 17.4. The van der Waals surface area contributed by atoms with Crippen LogP contribution in [0.4, 0.5) is 0 Å². The van der Waals surface area contributed by atoms with Gasteiger partial charge in [-0.2, -0.15) is 0 Å². The van der Waals surface area contributed by atoms with Gasteiger partial charge in [0, 0.05) is 44.4 Å². The van der Waals surface area contributed by atoms with Crippen LogP contribution in [0.5, 0.6) is 5.75 Å².